The first-order valence-corrected chi connectivity index (χ1v) is 9.41. The van der Waals surface area contributed by atoms with Crippen LogP contribution in [0.15, 0.2) is 10.8 Å². The molecule has 1 aromatic rings. The van der Waals surface area contributed by atoms with Crippen molar-refractivity contribution in [1.29, 1.82) is 0 Å². The van der Waals surface area contributed by atoms with Crippen molar-refractivity contribution in [3.05, 3.63) is 16.4 Å². The second-order valence-electron chi connectivity index (χ2n) is 7.72. The van der Waals surface area contributed by atoms with Crippen LogP contribution < -0.4 is 0 Å². The second-order valence-corrected chi connectivity index (χ2v) is 8.47. The van der Waals surface area contributed by atoms with Crippen LogP contribution in [-0.2, 0) is 27.9 Å². The van der Waals surface area contributed by atoms with Gasteiger partial charge < -0.3 is 14.2 Å². The zero-order valence-corrected chi connectivity index (χ0v) is 16.8. The average molecular weight is 416 g/mol. The van der Waals surface area contributed by atoms with Crippen LogP contribution in [0.4, 0.5) is 4.79 Å². The fourth-order valence-electron chi connectivity index (χ4n) is 3.39. The summed E-state index contributed by atoms with van der Waals surface area (Å²) >= 11 is 3.51. The van der Waals surface area contributed by atoms with Crippen LogP contribution in [0.1, 0.15) is 39.2 Å². The number of hydrogen-bond acceptors (Lipinski definition) is 5. The summed E-state index contributed by atoms with van der Waals surface area (Å²) in [6.07, 6.45) is 3.18. The van der Waals surface area contributed by atoms with Gasteiger partial charge in [-0.25, -0.2) is 4.79 Å². The number of hydrogen-bond donors (Lipinski definition) is 0. The lowest BCUT2D eigenvalue weighted by Crippen LogP contribution is -2.61. The van der Waals surface area contributed by atoms with Crippen molar-refractivity contribution in [2.45, 2.75) is 64.0 Å². The first kappa shape index (κ1) is 18.7. The molecule has 0 N–H and O–H groups in total. The summed E-state index contributed by atoms with van der Waals surface area (Å²) in [6, 6.07) is 0.00868. The van der Waals surface area contributed by atoms with E-state index in [1.54, 1.807) is 4.68 Å². The van der Waals surface area contributed by atoms with Gasteiger partial charge in [-0.15, -0.1) is 0 Å². The minimum Gasteiger partial charge on any atom is -0.444 e. The van der Waals surface area contributed by atoms with Crippen molar-refractivity contribution >= 4 is 22.0 Å². The minimum absolute atomic E-state index is 0.00434. The van der Waals surface area contributed by atoms with Gasteiger partial charge in [-0.05, 0) is 49.5 Å². The molecule has 0 aromatic carbocycles. The van der Waals surface area contributed by atoms with Gasteiger partial charge in [0.25, 0.3) is 0 Å². The number of amides is 1. The van der Waals surface area contributed by atoms with E-state index in [-0.39, 0.29) is 24.3 Å². The standard InChI is InChI=1S/C17H26BrN3O4/c1-17(2,3)25-16(22)21-12-5-14(6-13(21)10-23-9-12)24-8-11-7-19-20(4)15(11)18/h7,12-14H,5-6,8-10H2,1-4H3/t12-,13+,14?. The van der Waals surface area contributed by atoms with Crippen LogP contribution in [0.2, 0.25) is 0 Å². The lowest BCUT2D eigenvalue weighted by molar-refractivity contribution is -0.119. The van der Waals surface area contributed by atoms with Crippen LogP contribution >= 0.6 is 15.9 Å². The highest BCUT2D eigenvalue weighted by molar-refractivity contribution is 9.10. The average Bonchev–Trinajstić information content (AvgIpc) is 2.82. The number of carbonyl (C=O) groups is 1. The van der Waals surface area contributed by atoms with Crippen molar-refractivity contribution in [1.82, 2.24) is 14.7 Å². The Morgan fingerprint density at radius 3 is 2.52 bits per heavy atom. The summed E-state index contributed by atoms with van der Waals surface area (Å²) in [7, 11) is 1.88. The molecular formula is C17H26BrN3O4. The molecular weight excluding hydrogens is 390 g/mol. The molecule has 1 amide bonds. The van der Waals surface area contributed by atoms with Gasteiger partial charge in [0.2, 0.25) is 0 Å². The van der Waals surface area contributed by atoms with Gasteiger partial charge in [-0.3, -0.25) is 9.58 Å². The molecule has 0 saturated carbocycles. The summed E-state index contributed by atoms with van der Waals surface area (Å²) in [6.45, 7) is 7.24. The maximum Gasteiger partial charge on any atom is 0.410 e. The van der Waals surface area contributed by atoms with Crippen LogP contribution in [0, 0.1) is 0 Å². The molecule has 8 heteroatoms. The third-order valence-electron chi connectivity index (χ3n) is 4.49. The predicted molar refractivity (Wildman–Crippen MR) is 95.2 cm³/mol. The van der Waals surface area contributed by atoms with Crippen LogP contribution in [0.3, 0.4) is 0 Å². The normalized spacial score (nSPS) is 26.6. The quantitative estimate of drug-likeness (QED) is 0.758. The largest absolute Gasteiger partial charge is 0.444 e. The highest BCUT2D eigenvalue weighted by Crippen LogP contribution is 2.31. The molecule has 3 atom stereocenters. The first-order chi connectivity index (χ1) is 11.7. The summed E-state index contributed by atoms with van der Waals surface area (Å²) in [4.78, 5) is 14.4. The molecule has 2 bridgehead atoms. The van der Waals surface area contributed by atoms with Gasteiger partial charge in [-0.1, -0.05) is 0 Å². The molecule has 25 heavy (non-hydrogen) atoms. The Morgan fingerprint density at radius 1 is 1.36 bits per heavy atom. The highest BCUT2D eigenvalue weighted by atomic mass is 79.9. The molecule has 0 aliphatic carbocycles. The minimum atomic E-state index is -0.494. The van der Waals surface area contributed by atoms with E-state index in [0.717, 1.165) is 23.0 Å². The number of carbonyl (C=O) groups excluding carboxylic acids is 1. The molecule has 2 fully saturated rings. The summed E-state index contributed by atoms with van der Waals surface area (Å²) in [5, 5.41) is 4.21. The number of fused-ring (bicyclic) bond motifs is 2. The maximum atomic E-state index is 12.6. The molecule has 1 unspecified atom stereocenters. The van der Waals surface area contributed by atoms with E-state index in [9.17, 15) is 4.79 Å². The molecule has 3 rings (SSSR count). The summed E-state index contributed by atoms with van der Waals surface area (Å²) < 4.78 is 20.0. The summed E-state index contributed by atoms with van der Waals surface area (Å²) in [5.74, 6) is 0. The van der Waals surface area contributed by atoms with Crippen molar-refractivity contribution in [2.75, 3.05) is 13.2 Å². The maximum absolute atomic E-state index is 12.6. The van der Waals surface area contributed by atoms with Crippen LogP contribution in [0.25, 0.3) is 0 Å². The van der Waals surface area contributed by atoms with Gasteiger partial charge in [0.1, 0.15) is 10.2 Å². The molecule has 2 aliphatic rings. The number of piperidine rings is 1. The van der Waals surface area contributed by atoms with E-state index in [4.69, 9.17) is 14.2 Å². The fraction of sp³-hybridized carbons (Fsp3) is 0.765. The highest BCUT2D eigenvalue weighted by Gasteiger charge is 2.43. The van der Waals surface area contributed by atoms with Crippen LogP contribution in [-0.4, -0.2) is 57.8 Å². The second kappa shape index (κ2) is 7.25. The zero-order chi connectivity index (χ0) is 18.2. The van der Waals surface area contributed by atoms with E-state index in [0.29, 0.717) is 19.8 Å². The summed E-state index contributed by atoms with van der Waals surface area (Å²) in [5.41, 5.74) is 0.532. The number of aromatic nitrogens is 2. The number of halogens is 1. The molecule has 3 heterocycles. The Morgan fingerprint density at radius 2 is 2.00 bits per heavy atom. The van der Waals surface area contributed by atoms with E-state index < -0.39 is 5.60 Å². The molecule has 2 aliphatic heterocycles. The van der Waals surface area contributed by atoms with Gasteiger partial charge in [-0.2, -0.15) is 5.10 Å². The van der Waals surface area contributed by atoms with Gasteiger partial charge >= 0.3 is 6.09 Å². The predicted octanol–water partition coefficient (Wildman–Crippen LogP) is 2.87. The molecule has 0 radical (unpaired) electrons. The van der Waals surface area contributed by atoms with E-state index in [1.807, 2.05) is 38.9 Å². The Bertz CT molecular complexity index is 614. The van der Waals surface area contributed by atoms with Gasteiger partial charge in [0.05, 0.1) is 44.2 Å². The Balaban J connectivity index is 1.61. The lowest BCUT2D eigenvalue weighted by atomic mass is 9.92. The molecule has 7 nitrogen and oxygen atoms in total. The zero-order valence-electron chi connectivity index (χ0n) is 15.2. The lowest BCUT2D eigenvalue weighted by Gasteiger charge is -2.48. The van der Waals surface area contributed by atoms with Crippen molar-refractivity contribution in [3.8, 4) is 0 Å². The molecule has 1 aromatic heterocycles. The molecule has 2 saturated heterocycles. The van der Waals surface area contributed by atoms with E-state index in [1.165, 1.54) is 0 Å². The van der Waals surface area contributed by atoms with Gasteiger partial charge in [0, 0.05) is 12.6 Å². The monoisotopic (exact) mass is 415 g/mol. The Labute approximate surface area is 156 Å². The van der Waals surface area contributed by atoms with Crippen molar-refractivity contribution in [2.24, 2.45) is 7.05 Å². The van der Waals surface area contributed by atoms with Gasteiger partial charge in [0.15, 0.2) is 0 Å². The number of nitrogens with zero attached hydrogens (tertiary/aromatic N) is 3. The molecule has 0 spiro atoms. The number of rotatable bonds is 3. The topological polar surface area (TPSA) is 65.8 Å². The Kier molecular flexibility index (Phi) is 5.41. The third kappa shape index (κ3) is 4.35. The smallest absolute Gasteiger partial charge is 0.410 e. The first-order valence-electron chi connectivity index (χ1n) is 8.61. The molecule has 140 valence electrons. The van der Waals surface area contributed by atoms with Crippen molar-refractivity contribution < 1.29 is 19.0 Å². The van der Waals surface area contributed by atoms with E-state index >= 15 is 0 Å². The van der Waals surface area contributed by atoms with E-state index in [2.05, 4.69) is 21.0 Å². The van der Waals surface area contributed by atoms with Crippen LogP contribution in [0.5, 0.6) is 0 Å². The van der Waals surface area contributed by atoms with Crippen molar-refractivity contribution in [3.63, 3.8) is 0 Å². The number of morpholine rings is 1. The number of aryl methyl sites for hydroxylation is 1. The fourth-order valence-corrected chi connectivity index (χ4v) is 3.70. The SMILES string of the molecule is Cn1ncc(COC2C[C@H]3COC[C@@H](C2)N3C(=O)OC(C)(C)C)c1Br. The number of ether oxygens (including phenoxy) is 3. The Hall–Kier alpha value is -1.12. The third-order valence-corrected chi connectivity index (χ3v) is 5.51.